The molecule has 1 aromatic heterocycles. The predicted octanol–water partition coefficient (Wildman–Crippen LogP) is -1.08. The van der Waals surface area contributed by atoms with Crippen LogP contribution in [-0.2, 0) is 6.54 Å². The van der Waals surface area contributed by atoms with Crippen molar-refractivity contribution in [1.29, 1.82) is 0 Å². The van der Waals surface area contributed by atoms with Crippen molar-refractivity contribution in [3.8, 4) is 0 Å². The summed E-state index contributed by atoms with van der Waals surface area (Å²) in [6.07, 6.45) is 5.41. The molecule has 4 N–H and O–H groups in total. The van der Waals surface area contributed by atoms with Gasteiger partial charge in [-0.15, -0.1) is 0 Å². The van der Waals surface area contributed by atoms with Gasteiger partial charge in [-0.25, -0.2) is 10.8 Å². The summed E-state index contributed by atoms with van der Waals surface area (Å²) in [5.74, 6) is 5.76. The normalized spacial score (nSPS) is 11.4. The average Bonchev–Trinajstić information content (AvgIpc) is 2.65. The van der Waals surface area contributed by atoms with Gasteiger partial charge in [-0.3, -0.25) is 10.4 Å². The van der Waals surface area contributed by atoms with Crippen molar-refractivity contribution in [2.45, 2.75) is 6.54 Å². The number of aliphatic imine (C=N–C) groups is 1. The van der Waals surface area contributed by atoms with Gasteiger partial charge in [-0.2, -0.15) is 0 Å². The molecular weight excluding hydrogens is 168 g/mol. The van der Waals surface area contributed by atoms with Crippen molar-refractivity contribution >= 4 is 5.96 Å². The van der Waals surface area contributed by atoms with Crippen molar-refractivity contribution < 1.29 is 0 Å². The molecule has 0 aliphatic rings. The van der Waals surface area contributed by atoms with Crippen molar-refractivity contribution in [2.24, 2.45) is 10.8 Å². The summed E-state index contributed by atoms with van der Waals surface area (Å²) in [7, 11) is 1.67. The Morgan fingerprint density at radius 3 is 3.08 bits per heavy atom. The van der Waals surface area contributed by atoms with Gasteiger partial charge < -0.3 is 9.88 Å². The molecule has 0 amide bonds. The standard InChI is InChI=1S/C7H14N6/c1-9-7(12-8)11-3-5-13-4-2-10-6-13/h2,4,6H,3,5,8H2,1H3,(H2,9,11,12). The maximum atomic E-state index is 5.18. The summed E-state index contributed by atoms with van der Waals surface area (Å²) < 4.78 is 1.97. The van der Waals surface area contributed by atoms with Crippen LogP contribution in [0.3, 0.4) is 0 Å². The molecular formula is C7H14N6. The highest BCUT2D eigenvalue weighted by atomic mass is 15.3. The van der Waals surface area contributed by atoms with E-state index in [9.17, 15) is 0 Å². The maximum Gasteiger partial charge on any atom is 0.205 e. The topological polar surface area (TPSA) is 80.3 Å². The third-order valence-corrected chi connectivity index (χ3v) is 1.58. The zero-order valence-electron chi connectivity index (χ0n) is 7.57. The molecule has 72 valence electrons. The number of guanidine groups is 1. The van der Waals surface area contributed by atoms with Crippen molar-refractivity contribution in [1.82, 2.24) is 20.3 Å². The first kappa shape index (κ1) is 9.53. The van der Waals surface area contributed by atoms with Gasteiger partial charge in [0.1, 0.15) is 0 Å². The Morgan fingerprint density at radius 2 is 2.54 bits per heavy atom. The average molecular weight is 182 g/mol. The zero-order chi connectivity index (χ0) is 9.52. The highest BCUT2D eigenvalue weighted by molar-refractivity contribution is 5.78. The molecule has 0 saturated heterocycles. The maximum absolute atomic E-state index is 5.18. The van der Waals surface area contributed by atoms with Crippen molar-refractivity contribution in [3.05, 3.63) is 18.7 Å². The zero-order valence-corrected chi connectivity index (χ0v) is 7.57. The fourth-order valence-electron chi connectivity index (χ4n) is 0.917. The first-order chi connectivity index (χ1) is 6.36. The van der Waals surface area contributed by atoms with Crippen LogP contribution < -0.4 is 16.6 Å². The molecule has 0 aromatic carbocycles. The van der Waals surface area contributed by atoms with E-state index >= 15 is 0 Å². The second-order valence-electron chi connectivity index (χ2n) is 2.44. The number of imidazole rings is 1. The van der Waals surface area contributed by atoms with Crippen LogP contribution in [0.4, 0.5) is 0 Å². The van der Waals surface area contributed by atoms with Crippen molar-refractivity contribution in [2.75, 3.05) is 13.6 Å². The molecule has 0 bridgehead atoms. The van der Waals surface area contributed by atoms with E-state index < -0.39 is 0 Å². The first-order valence-electron chi connectivity index (χ1n) is 4.00. The van der Waals surface area contributed by atoms with E-state index in [1.54, 1.807) is 19.6 Å². The number of hydrazine groups is 1. The highest BCUT2D eigenvalue weighted by Gasteiger charge is 1.92. The summed E-state index contributed by atoms with van der Waals surface area (Å²) in [6.45, 7) is 1.59. The third-order valence-electron chi connectivity index (χ3n) is 1.58. The van der Waals surface area contributed by atoms with Gasteiger partial charge >= 0.3 is 0 Å². The van der Waals surface area contributed by atoms with E-state index in [2.05, 4.69) is 20.7 Å². The SMILES string of the molecule is CN=C(NN)NCCn1ccnc1. The van der Waals surface area contributed by atoms with E-state index in [4.69, 9.17) is 5.84 Å². The lowest BCUT2D eigenvalue weighted by Crippen LogP contribution is -2.42. The molecule has 0 spiro atoms. The largest absolute Gasteiger partial charge is 0.354 e. The lowest BCUT2D eigenvalue weighted by molar-refractivity contribution is 0.664. The summed E-state index contributed by atoms with van der Waals surface area (Å²) in [6, 6.07) is 0. The van der Waals surface area contributed by atoms with E-state index in [1.807, 2.05) is 10.8 Å². The molecule has 0 aliphatic heterocycles. The predicted molar refractivity (Wildman–Crippen MR) is 50.9 cm³/mol. The highest BCUT2D eigenvalue weighted by Crippen LogP contribution is 1.83. The van der Waals surface area contributed by atoms with E-state index in [-0.39, 0.29) is 0 Å². The van der Waals surface area contributed by atoms with Crippen LogP contribution in [0.2, 0.25) is 0 Å². The molecule has 0 radical (unpaired) electrons. The van der Waals surface area contributed by atoms with Gasteiger partial charge in [0.2, 0.25) is 5.96 Å². The Balaban J connectivity index is 2.21. The Morgan fingerprint density at radius 1 is 1.69 bits per heavy atom. The minimum Gasteiger partial charge on any atom is -0.354 e. The molecule has 6 nitrogen and oxygen atoms in total. The van der Waals surface area contributed by atoms with Crippen LogP contribution in [-0.4, -0.2) is 29.1 Å². The smallest absolute Gasteiger partial charge is 0.205 e. The third kappa shape index (κ3) is 3.12. The Hall–Kier alpha value is -1.56. The fraction of sp³-hybridized carbons (Fsp3) is 0.429. The molecule has 6 heteroatoms. The number of nitrogens with one attached hydrogen (secondary N) is 2. The lowest BCUT2D eigenvalue weighted by Gasteiger charge is -2.07. The summed E-state index contributed by atoms with van der Waals surface area (Å²) in [5.41, 5.74) is 2.45. The second kappa shape index (κ2) is 5.15. The van der Waals surface area contributed by atoms with Gasteiger partial charge in [0.15, 0.2) is 0 Å². The quantitative estimate of drug-likeness (QED) is 0.240. The lowest BCUT2D eigenvalue weighted by atomic mass is 10.6. The first-order valence-corrected chi connectivity index (χ1v) is 4.00. The van der Waals surface area contributed by atoms with Crippen molar-refractivity contribution in [3.63, 3.8) is 0 Å². The molecule has 1 heterocycles. The summed E-state index contributed by atoms with van der Waals surface area (Å²) in [4.78, 5) is 7.79. The van der Waals surface area contributed by atoms with Gasteiger partial charge in [-0.1, -0.05) is 0 Å². The minimum absolute atomic E-state index is 0.583. The summed E-state index contributed by atoms with van der Waals surface area (Å²) >= 11 is 0. The number of hydrogen-bond acceptors (Lipinski definition) is 3. The fourth-order valence-corrected chi connectivity index (χ4v) is 0.917. The van der Waals surface area contributed by atoms with Crippen LogP contribution in [0.25, 0.3) is 0 Å². The number of hydrogen-bond donors (Lipinski definition) is 3. The van der Waals surface area contributed by atoms with Gasteiger partial charge in [0.05, 0.1) is 6.33 Å². The molecule has 0 fully saturated rings. The van der Waals surface area contributed by atoms with Crippen LogP contribution in [0.5, 0.6) is 0 Å². The summed E-state index contributed by atoms with van der Waals surface area (Å²) in [5, 5.41) is 3.02. The van der Waals surface area contributed by atoms with Crippen LogP contribution >= 0.6 is 0 Å². The Kier molecular flexibility index (Phi) is 3.77. The molecule has 0 saturated carbocycles. The van der Waals surface area contributed by atoms with E-state index in [0.29, 0.717) is 5.96 Å². The number of nitrogens with two attached hydrogens (primary N) is 1. The molecule has 0 aliphatic carbocycles. The molecule has 0 unspecified atom stereocenters. The van der Waals surface area contributed by atoms with Crippen LogP contribution in [0.1, 0.15) is 0 Å². The molecule has 13 heavy (non-hydrogen) atoms. The van der Waals surface area contributed by atoms with E-state index in [1.165, 1.54) is 0 Å². The van der Waals surface area contributed by atoms with E-state index in [0.717, 1.165) is 13.1 Å². The van der Waals surface area contributed by atoms with Gasteiger partial charge in [0, 0.05) is 32.5 Å². The number of aromatic nitrogens is 2. The monoisotopic (exact) mass is 182 g/mol. The molecule has 1 rings (SSSR count). The van der Waals surface area contributed by atoms with Crippen LogP contribution in [0.15, 0.2) is 23.7 Å². The van der Waals surface area contributed by atoms with Gasteiger partial charge in [0.25, 0.3) is 0 Å². The Bertz CT molecular complexity index is 252. The molecule has 0 atom stereocenters. The second-order valence-corrected chi connectivity index (χ2v) is 2.44. The number of rotatable bonds is 3. The Labute approximate surface area is 76.8 Å². The molecule has 1 aromatic rings. The van der Waals surface area contributed by atoms with Gasteiger partial charge in [-0.05, 0) is 0 Å². The minimum atomic E-state index is 0.583. The van der Waals surface area contributed by atoms with Crippen LogP contribution in [0, 0.1) is 0 Å². The number of nitrogens with zero attached hydrogens (tertiary/aromatic N) is 3.